The summed E-state index contributed by atoms with van der Waals surface area (Å²) in [5, 5.41) is 19.6. The van der Waals surface area contributed by atoms with Gasteiger partial charge in [-0.05, 0) is 30.0 Å². The molecule has 1 aromatic carbocycles. The second-order valence-electron chi connectivity index (χ2n) is 5.95. The van der Waals surface area contributed by atoms with Crippen LogP contribution in [-0.4, -0.2) is 38.8 Å². The minimum Gasteiger partial charge on any atom is -0.302 e. The summed E-state index contributed by atoms with van der Waals surface area (Å²) in [5.74, 6) is -7.43. The second-order valence-corrected chi connectivity index (χ2v) is 6.76. The van der Waals surface area contributed by atoms with Crippen LogP contribution < -0.4 is 21.3 Å². The molecule has 0 unspecified atom stereocenters. The fourth-order valence-corrected chi connectivity index (χ4v) is 3.51. The van der Waals surface area contributed by atoms with Gasteiger partial charge in [-0.3, -0.25) is 29.3 Å². The van der Waals surface area contributed by atoms with Crippen molar-refractivity contribution in [1.29, 1.82) is 0 Å². The zero-order chi connectivity index (χ0) is 20.6. The first kappa shape index (κ1) is 19.4. The number of non-ortho nitro benzene ring substituents is 1. The Morgan fingerprint density at radius 1 is 0.786 bits per heavy atom. The van der Waals surface area contributed by atoms with Crippen LogP contribution in [0.25, 0.3) is 0 Å². The highest BCUT2D eigenvalue weighted by molar-refractivity contribution is 7.80. The number of thiocarbonyl (C=S) groups is 2. The number of benzene rings is 1. The average molecular weight is 421 g/mol. The lowest BCUT2D eigenvalue weighted by molar-refractivity contribution is -0.384. The largest absolute Gasteiger partial charge is 0.302 e. The molecule has 0 saturated carbocycles. The number of carbonyl (C=O) groups is 4. The molecule has 2 aliphatic rings. The normalized spacial score (nSPS) is 18.5. The van der Waals surface area contributed by atoms with E-state index in [9.17, 15) is 29.3 Å². The van der Waals surface area contributed by atoms with Gasteiger partial charge in [0.05, 0.1) is 4.92 Å². The van der Waals surface area contributed by atoms with Crippen molar-refractivity contribution in [3.05, 3.63) is 39.9 Å². The van der Waals surface area contributed by atoms with E-state index in [1.165, 1.54) is 12.1 Å². The van der Waals surface area contributed by atoms with Crippen LogP contribution in [0.3, 0.4) is 0 Å². The third-order valence-electron chi connectivity index (χ3n) is 4.28. The summed E-state index contributed by atoms with van der Waals surface area (Å²) in [6.45, 7) is 0. The van der Waals surface area contributed by atoms with Crippen molar-refractivity contribution >= 4 is 64.0 Å². The molecule has 144 valence electrons. The standard InChI is InChI=1S/C15H11N5O6S2/c21-10-8(11(22)17-14(27)16-10)7(5-1-3-6(4-2-5)20(25)26)9-12(23)18-15(28)19-13(9)24/h1-4,7-9H,(H2,16,17,21,22,27)(H2,18,19,23,24,28). The van der Waals surface area contributed by atoms with Crippen LogP contribution in [0.4, 0.5) is 5.69 Å². The minimum absolute atomic E-state index is 0.201. The van der Waals surface area contributed by atoms with Crippen LogP contribution in [-0.2, 0) is 19.2 Å². The molecule has 0 spiro atoms. The van der Waals surface area contributed by atoms with E-state index >= 15 is 0 Å². The van der Waals surface area contributed by atoms with E-state index in [1.54, 1.807) is 0 Å². The molecule has 28 heavy (non-hydrogen) atoms. The number of carbonyl (C=O) groups excluding carboxylic acids is 4. The number of hydrogen-bond acceptors (Lipinski definition) is 8. The first-order valence-electron chi connectivity index (χ1n) is 7.74. The zero-order valence-corrected chi connectivity index (χ0v) is 15.4. The van der Waals surface area contributed by atoms with Crippen LogP contribution in [0.2, 0.25) is 0 Å². The van der Waals surface area contributed by atoms with Crippen molar-refractivity contribution in [2.24, 2.45) is 11.8 Å². The van der Waals surface area contributed by atoms with E-state index in [4.69, 9.17) is 24.4 Å². The summed E-state index contributed by atoms with van der Waals surface area (Å²) in [5.41, 5.74) is -0.0308. The molecule has 0 radical (unpaired) electrons. The monoisotopic (exact) mass is 421 g/mol. The number of nitro benzene ring substituents is 1. The van der Waals surface area contributed by atoms with Gasteiger partial charge in [0.1, 0.15) is 11.8 Å². The summed E-state index contributed by atoms with van der Waals surface area (Å²) < 4.78 is 0. The highest BCUT2D eigenvalue weighted by Gasteiger charge is 2.49. The maximum absolute atomic E-state index is 12.5. The number of rotatable bonds is 4. The number of nitrogens with zero attached hydrogens (tertiary/aromatic N) is 1. The molecule has 0 atom stereocenters. The van der Waals surface area contributed by atoms with Gasteiger partial charge in [0.2, 0.25) is 23.6 Å². The van der Waals surface area contributed by atoms with Crippen LogP contribution in [0.15, 0.2) is 24.3 Å². The van der Waals surface area contributed by atoms with Gasteiger partial charge in [-0.1, -0.05) is 12.1 Å². The van der Waals surface area contributed by atoms with Gasteiger partial charge in [-0.15, -0.1) is 0 Å². The van der Waals surface area contributed by atoms with E-state index in [1.807, 2.05) is 0 Å². The summed E-state index contributed by atoms with van der Waals surface area (Å²) in [7, 11) is 0. The van der Waals surface area contributed by atoms with Crippen molar-refractivity contribution < 1.29 is 24.1 Å². The van der Waals surface area contributed by atoms with Crippen LogP contribution in [0, 0.1) is 22.0 Å². The van der Waals surface area contributed by atoms with Gasteiger partial charge in [0.15, 0.2) is 10.2 Å². The Labute approximate surface area is 167 Å². The molecule has 3 rings (SSSR count). The topological polar surface area (TPSA) is 160 Å². The Morgan fingerprint density at radius 2 is 1.14 bits per heavy atom. The molecule has 13 heteroatoms. The Hall–Kier alpha value is -3.32. The molecular formula is C15H11N5O6S2. The molecule has 2 aliphatic heterocycles. The molecule has 2 saturated heterocycles. The van der Waals surface area contributed by atoms with Gasteiger partial charge in [-0.25, -0.2) is 0 Å². The molecule has 0 aromatic heterocycles. The lowest BCUT2D eigenvalue weighted by atomic mass is 9.74. The summed E-state index contributed by atoms with van der Waals surface area (Å²) in [4.78, 5) is 60.1. The highest BCUT2D eigenvalue weighted by atomic mass is 32.1. The average Bonchev–Trinajstić information content (AvgIpc) is 2.58. The maximum Gasteiger partial charge on any atom is 0.269 e. The van der Waals surface area contributed by atoms with Crippen molar-refractivity contribution in [2.75, 3.05) is 0 Å². The molecule has 0 aliphatic carbocycles. The van der Waals surface area contributed by atoms with Gasteiger partial charge in [0, 0.05) is 18.1 Å². The van der Waals surface area contributed by atoms with E-state index in [0.29, 0.717) is 0 Å². The van der Waals surface area contributed by atoms with E-state index in [2.05, 4.69) is 21.3 Å². The summed E-state index contributed by atoms with van der Waals surface area (Å²) in [6, 6.07) is 4.86. The van der Waals surface area contributed by atoms with Gasteiger partial charge in [0.25, 0.3) is 5.69 Å². The predicted octanol–water partition coefficient (Wildman–Crippen LogP) is -1.03. The molecule has 11 nitrogen and oxygen atoms in total. The molecule has 2 heterocycles. The van der Waals surface area contributed by atoms with Crippen molar-refractivity contribution in [3.8, 4) is 0 Å². The third-order valence-corrected chi connectivity index (χ3v) is 4.69. The molecule has 4 amide bonds. The maximum atomic E-state index is 12.5. The Kier molecular flexibility index (Phi) is 5.11. The van der Waals surface area contributed by atoms with Crippen molar-refractivity contribution in [1.82, 2.24) is 21.3 Å². The van der Waals surface area contributed by atoms with Crippen LogP contribution in [0.5, 0.6) is 0 Å². The lowest BCUT2D eigenvalue weighted by Crippen LogP contribution is -2.62. The van der Waals surface area contributed by atoms with Crippen molar-refractivity contribution in [3.63, 3.8) is 0 Å². The first-order chi connectivity index (χ1) is 13.2. The third kappa shape index (κ3) is 3.57. The highest BCUT2D eigenvalue weighted by Crippen LogP contribution is 2.36. The number of hydrogen-bond donors (Lipinski definition) is 4. The molecule has 2 fully saturated rings. The second kappa shape index (κ2) is 7.36. The van der Waals surface area contributed by atoms with E-state index in [-0.39, 0.29) is 21.5 Å². The fraction of sp³-hybridized carbons (Fsp3) is 0.200. The fourth-order valence-electron chi connectivity index (χ4n) is 3.11. The summed E-state index contributed by atoms with van der Waals surface area (Å²) in [6.07, 6.45) is 0. The van der Waals surface area contributed by atoms with Gasteiger partial charge < -0.3 is 21.3 Å². The van der Waals surface area contributed by atoms with Crippen LogP contribution in [0.1, 0.15) is 11.5 Å². The Morgan fingerprint density at radius 3 is 1.46 bits per heavy atom. The number of nitro groups is 1. The minimum atomic E-state index is -1.48. The molecule has 1 aromatic rings. The smallest absolute Gasteiger partial charge is 0.269 e. The Bertz CT molecular complexity index is 859. The van der Waals surface area contributed by atoms with Gasteiger partial charge >= 0.3 is 0 Å². The quantitative estimate of drug-likeness (QED) is 0.208. The Balaban J connectivity index is 2.09. The van der Waals surface area contributed by atoms with E-state index < -0.39 is 46.3 Å². The molecular weight excluding hydrogens is 410 g/mol. The first-order valence-corrected chi connectivity index (χ1v) is 8.56. The molecule has 4 N–H and O–H groups in total. The van der Waals surface area contributed by atoms with Gasteiger partial charge in [-0.2, -0.15) is 0 Å². The SMILES string of the molecule is O=C1NC(=S)NC(=O)C1C(c1ccc([N+](=O)[O-])cc1)C1C(=O)NC(=S)NC1=O. The van der Waals surface area contributed by atoms with Crippen LogP contribution >= 0.6 is 24.4 Å². The van der Waals surface area contributed by atoms with E-state index in [0.717, 1.165) is 12.1 Å². The number of amides is 4. The lowest BCUT2D eigenvalue weighted by Gasteiger charge is -2.35. The zero-order valence-electron chi connectivity index (χ0n) is 13.8. The number of nitrogens with one attached hydrogen (secondary N) is 4. The predicted molar refractivity (Wildman–Crippen MR) is 101 cm³/mol. The molecule has 0 bridgehead atoms. The van der Waals surface area contributed by atoms with Crippen molar-refractivity contribution in [2.45, 2.75) is 5.92 Å². The summed E-state index contributed by atoms with van der Waals surface area (Å²) >= 11 is 9.53.